The lowest BCUT2D eigenvalue weighted by atomic mass is 10.2. The van der Waals surface area contributed by atoms with Crippen molar-refractivity contribution in [3.05, 3.63) is 35.4 Å². The van der Waals surface area contributed by atoms with Crippen molar-refractivity contribution < 1.29 is 9.90 Å². The highest BCUT2D eigenvalue weighted by Gasteiger charge is 1.90. The minimum Gasteiger partial charge on any atom is -0.480 e. The van der Waals surface area contributed by atoms with Crippen molar-refractivity contribution in [1.29, 1.82) is 0 Å². The molecule has 0 atom stereocenters. The second kappa shape index (κ2) is 4.40. The van der Waals surface area contributed by atoms with Gasteiger partial charge in [-0.15, -0.1) is 0 Å². The molecule has 1 N–H and O–H groups in total. The minimum absolute atomic E-state index is 0.173. The summed E-state index contributed by atoms with van der Waals surface area (Å²) in [7, 11) is 0. The van der Waals surface area contributed by atoms with Crippen molar-refractivity contribution in [3.8, 4) is 0 Å². The van der Waals surface area contributed by atoms with Gasteiger partial charge in [0.1, 0.15) is 6.54 Å². The number of aliphatic carboxylic acids is 1. The molecule has 0 unspecified atom stereocenters. The van der Waals surface area contributed by atoms with Crippen molar-refractivity contribution in [2.24, 2.45) is 4.99 Å². The summed E-state index contributed by atoms with van der Waals surface area (Å²) in [6.45, 7) is 1.83. The average molecular weight is 177 g/mol. The molecular formula is C10H11NO2. The third-order valence-electron chi connectivity index (χ3n) is 1.54. The quantitative estimate of drug-likeness (QED) is 0.711. The zero-order valence-corrected chi connectivity index (χ0v) is 7.40. The first-order chi connectivity index (χ1) is 6.18. The summed E-state index contributed by atoms with van der Waals surface area (Å²) in [6.07, 6.45) is 1.56. The van der Waals surface area contributed by atoms with Crippen LogP contribution in [-0.2, 0) is 4.79 Å². The standard InChI is InChI=1S/C10H11NO2/c1-8-2-4-9(5-3-8)6-11-7-10(12)13/h2-6H,7H2,1H3,(H,12,13). The first kappa shape index (κ1) is 9.45. The lowest BCUT2D eigenvalue weighted by Crippen LogP contribution is -1.99. The lowest BCUT2D eigenvalue weighted by molar-refractivity contribution is -0.135. The van der Waals surface area contributed by atoms with Crippen LogP contribution in [0.2, 0.25) is 0 Å². The Bertz CT molecular complexity index is 314. The summed E-state index contributed by atoms with van der Waals surface area (Å²) in [4.78, 5) is 13.9. The highest BCUT2D eigenvalue weighted by molar-refractivity contribution is 5.81. The van der Waals surface area contributed by atoms with E-state index in [0.29, 0.717) is 0 Å². The summed E-state index contributed by atoms with van der Waals surface area (Å²) in [5, 5.41) is 8.32. The number of hydrogen-bond donors (Lipinski definition) is 1. The van der Waals surface area contributed by atoms with Gasteiger partial charge >= 0.3 is 5.97 Å². The number of carboxylic acids is 1. The summed E-state index contributed by atoms with van der Waals surface area (Å²) in [6, 6.07) is 7.73. The van der Waals surface area contributed by atoms with E-state index in [1.165, 1.54) is 5.56 Å². The normalized spacial score (nSPS) is 10.5. The second-order valence-electron chi connectivity index (χ2n) is 2.77. The molecule has 13 heavy (non-hydrogen) atoms. The Morgan fingerprint density at radius 2 is 2.08 bits per heavy atom. The number of benzene rings is 1. The van der Waals surface area contributed by atoms with Crippen LogP contribution in [0, 0.1) is 6.92 Å². The SMILES string of the molecule is Cc1ccc(C=NCC(=O)O)cc1. The van der Waals surface area contributed by atoms with Crippen LogP contribution < -0.4 is 0 Å². The number of hydrogen-bond acceptors (Lipinski definition) is 2. The predicted octanol–water partition coefficient (Wildman–Crippen LogP) is 1.50. The first-order valence-electron chi connectivity index (χ1n) is 3.97. The van der Waals surface area contributed by atoms with Gasteiger partial charge in [-0.05, 0) is 12.5 Å². The van der Waals surface area contributed by atoms with E-state index in [4.69, 9.17) is 5.11 Å². The van der Waals surface area contributed by atoms with Crippen LogP contribution in [-0.4, -0.2) is 23.8 Å². The molecule has 3 heteroatoms. The predicted molar refractivity (Wildman–Crippen MR) is 51.3 cm³/mol. The number of nitrogens with zero attached hydrogens (tertiary/aromatic N) is 1. The largest absolute Gasteiger partial charge is 0.480 e. The van der Waals surface area contributed by atoms with E-state index in [2.05, 4.69) is 4.99 Å². The molecule has 0 radical (unpaired) electrons. The van der Waals surface area contributed by atoms with E-state index in [1.54, 1.807) is 6.21 Å². The van der Waals surface area contributed by atoms with Crippen molar-refractivity contribution in [2.75, 3.05) is 6.54 Å². The zero-order chi connectivity index (χ0) is 9.68. The maximum atomic E-state index is 10.1. The minimum atomic E-state index is -0.914. The van der Waals surface area contributed by atoms with Gasteiger partial charge in [-0.1, -0.05) is 29.8 Å². The Balaban J connectivity index is 2.59. The van der Waals surface area contributed by atoms with Gasteiger partial charge in [-0.3, -0.25) is 9.79 Å². The number of rotatable bonds is 3. The first-order valence-corrected chi connectivity index (χ1v) is 3.97. The van der Waals surface area contributed by atoms with Crippen LogP contribution in [0.25, 0.3) is 0 Å². The Kier molecular flexibility index (Phi) is 3.20. The number of aliphatic imine (C=N–C) groups is 1. The highest BCUT2D eigenvalue weighted by Crippen LogP contribution is 1.99. The van der Waals surface area contributed by atoms with Crippen LogP contribution in [0.15, 0.2) is 29.3 Å². The summed E-state index contributed by atoms with van der Waals surface area (Å²) < 4.78 is 0. The molecule has 0 aliphatic heterocycles. The smallest absolute Gasteiger partial charge is 0.325 e. The van der Waals surface area contributed by atoms with Crippen LogP contribution in [0.1, 0.15) is 11.1 Å². The van der Waals surface area contributed by atoms with Crippen LogP contribution in [0.4, 0.5) is 0 Å². The molecule has 0 spiro atoms. The third kappa shape index (κ3) is 3.51. The van der Waals surface area contributed by atoms with E-state index < -0.39 is 5.97 Å². The van der Waals surface area contributed by atoms with Crippen molar-refractivity contribution in [2.45, 2.75) is 6.92 Å². The number of carboxylic acid groups (broad SMARTS) is 1. The topological polar surface area (TPSA) is 49.7 Å². The Morgan fingerprint density at radius 1 is 1.46 bits per heavy atom. The fourth-order valence-electron chi connectivity index (χ4n) is 0.882. The molecule has 1 aromatic carbocycles. The molecule has 0 bridgehead atoms. The van der Waals surface area contributed by atoms with Crippen molar-refractivity contribution >= 4 is 12.2 Å². The molecular weight excluding hydrogens is 166 g/mol. The number of carbonyl (C=O) groups is 1. The van der Waals surface area contributed by atoms with Gasteiger partial charge in [-0.25, -0.2) is 0 Å². The maximum Gasteiger partial charge on any atom is 0.325 e. The number of aryl methyl sites for hydroxylation is 1. The van der Waals surface area contributed by atoms with Gasteiger partial charge < -0.3 is 5.11 Å². The van der Waals surface area contributed by atoms with Gasteiger partial charge in [0.15, 0.2) is 0 Å². The van der Waals surface area contributed by atoms with E-state index in [0.717, 1.165) is 5.56 Å². The van der Waals surface area contributed by atoms with Crippen molar-refractivity contribution in [1.82, 2.24) is 0 Å². The molecule has 0 saturated heterocycles. The lowest BCUT2D eigenvalue weighted by Gasteiger charge is -1.93. The Morgan fingerprint density at radius 3 is 2.62 bits per heavy atom. The van der Waals surface area contributed by atoms with Gasteiger partial charge in [-0.2, -0.15) is 0 Å². The molecule has 1 aromatic rings. The molecule has 0 aliphatic carbocycles. The van der Waals surface area contributed by atoms with Crippen LogP contribution in [0.5, 0.6) is 0 Å². The highest BCUT2D eigenvalue weighted by atomic mass is 16.4. The van der Waals surface area contributed by atoms with Gasteiger partial charge in [0, 0.05) is 6.21 Å². The fourth-order valence-corrected chi connectivity index (χ4v) is 0.882. The van der Waals surface area contributed by atoms with Gasteiger partial charge in [0.25, 0.3) is 0 Å². The monoisotopic (exact) mass is 177 g/mol. The summed E-state index contributed by atoms with van der Waals surface area (Å²) in [5.41, 5.74) is 2.10. The van der Waals surface area contributed by atoms with Crippen LogP contribution >= 0.6 is 0 Å². The maximum absolute atomic E-state index is 10.1. The van der Waals surface area contributed by atoms with Gasteiger partial charge in [0.05, 0.1) is 0 Å². The molecule has 0 aromatic heterocycles. The molecule has 0 heterocycles. The van der Waals surface area contributed by atoms with E-state index in [-0.39, 0.29) is 6.54 Å². The van der Waals surface area contributed by atoms with Gasteiger partial charge in [0.2, 0.25) is 0 Å². The molecule has 0 amide bonds. The summed E-state index contributed by atoms with van der Waals surface area (Å²) >= 11 is 0. The molecule has 68 valence electrons. The van der Waals surface area contributed by atoms with E-state index in [9.17, 15) is 4.79 Å². The Hall–Kier alpha value is -1.64. The van der Waals surface area contributed by atoms with E-state index in [1.807, 2.05) is 31.2 Å². The van der Waals surface area contributed by atoms with E-state index >= 15 is 0 Å². The summed E-state index contributed by atoms with van der Waals surface area (Å²) in [5.74, 6) is -0.914. The third-order valence-corrected chi connectivity index (χ3v) is 1.54. The van der Waals surface area contributed by atoms with Crippen molar-refractivity contribution in [3.63, 3.8) is 0 Å². The Labute approximate surface area is 76.7 Å². The molecule has 0 fully saturated rings. The molecule has 0 aliphatic rings. The molecule has 0 saturated carbocycles. The molecule has 3 nitrogen and oxygen atoms in total. The van der Waals surface area contributed by atoms with Crippen LogP contribution in [0.3, 0.4) is 0 Å². The zero-order valence-electron chi connectivity index (χ0n) is 7.40. The average Bonchev–Trinajstić information content (AvgIpc) is 2.08. The fraction of sp³-hybridized carbons (Fsp3) is 0.200. The second-order valence-corrected chi connectivity index (χ2v) is 2.77. The molecule has 1 rings (SSSR count).